The molecule has 0 aliphatic carbocycles. The Kier molecular flexibility index (Phi) is 4.81. The van der Waals surface area contributed by atoms with E-state index in [1.807, 2.05) is 0 Å². The van der Waals surface area contributed by atoms with Gasteiger partial charge in [-0.2, -0.15) is 13.2 Å². The summed E-state index contributed by atoms with van der Waals surface area (Å²) >= 11 is -2.74. The molecule has 1 atom stereocenters. The molecule has 0 aliphatic heterocycles. The number of nitrogens with zero attached hydrogens (tertiary/aromatic N) is 1. The Hall–Kier alpha value is -0.353. The van der Waals surface area contributed by atoms with Crippen molar-refractivity contribution in [2.75, 3.05) is 0 Å². The molecule has 1 unspecified atom stereocenters. The van der Waals surface area contributed by atoms with Gasteiger partial charge in [0, 0.05) is 0 Å². The molecule has 72 valence electrons. The molecule has 1 aromatic rings. The molecule has 3 nitrogen and oxygen atoms in total. The number of halogens is 3. The standard InChI is InChI=1S/C6H4F3NO2S.Li/c7-6(8,9)4-2-1-3-5(10-4)13(11)12;/h1-3H,(H,11,12);/q;+1/p-1. The maximum absolute atomic E-state index is 12.0. The van der Waals surface area contributed by atoms with Gasteiger partial charge < -0.3 is 4.55 Å². The van der Waals surface area contributed by atoms with Crippen molar-refractivity contribution in [3.63, 3.8) is 0 Å². The Bertz CT molecular complexity index is 344. The Balaban J connectivity index is 0.00000169. The quantitative estimate of drug-likeness (QED) is 0.418. The van der Waals surface area contributed by atoms with Gasteiger partial charge in [0.15, 0.2) is 0 Å². The maximum Gasteiger partial charge on any atom is 1.00 e. The van der Waals surface area contributed by atoms with Gasteiger partial charge in [-0.05, 0) is 23.2 Å². The van der Waals surface area contributed by atoms with Crippen LogP contribution in [0.1, 0.15) is 5.69 Å². The second kappa shape index (κ2) is 4.93. The smallest absolute Gasteiger partial charge is 0.767 e. The van der Waals surface area contributed by atoms with Crippen LogP contribution < -0.4 is 18.9 Å². The molecule has 1 rings (SSSR count). The molecule has 1 aromatic heterocycles. The minimum Gasteiger partial charge on any atom is -0.767 e. The van der Waals surface area contributed by atoms with Gasteiger partial charge in [0.25, 0.3) is 0 Å². The van der Waals surface area contributed by atoms with Crippen molar-refractivity contribution < 1.29 is 40.8 Å². The van der Waals surface area contributed by atoms with Gasteiger partial charge in [0.1, 0.15) is 10.7 Å². The first kappa shape index (κ1) is 13.6. The monoisotopic (exact) mass is 217 g/mol. The van der Waals surface area contributed by atoms with Gasteiger partial charge in [-0.15, -0.1) is 0 Å². The third kappa shape index (κ3) is 3.42. The SMILES string of the molecule is O=S([O-])c1cccc(C(F)(F)F)n1.[Li+]. The van der Waals surface area contributed by atoms with Crippen molar-refractivity contribution in [2.45, 2.75) is 11.2 Å². The third-order valence-electron chi connectivity index (χ3n) is 1.18. The average Bonchev–Trinajstić information content (AvgIpc) is 2.03. The molecule has 8 heteroatoms. The number of alkyl halides is 3. The van der Waals surface area contributed by atoms with Crippen molar-refractivity contribution in [3.8, 4) is 0 Å². The summed E-state index contributed by atoms with van der Waals surface area (Å²) < 4.78 is 56.4. The van der Waals surface area contributed by atoms with E-state index in [0.29, 0.717) is 6.07 Å². The Morgan fingerprint density at radius 2 is 1.93 bits per heavy atom. The Morgan fingerprint density at radius 1 is 1.36 bits per heavy atom. The summed E-state index contributed by atoms with van der Waals surface area (Å²) in [7, 11) is 0. The zero-order valence-electron chi connectivity index (χ0n) is 7.04. The molecule has 0 aliphatic rings. The van der Waals surface area contributed by atoms with Crippen LogP contribution in [-0.4, -0.2) is 13.7 Å². The summed E-state index contributed by atoms with van der Waals surface area (Å²) in [5.41, 5.74) is -1.21. The van der Waals surface area contributed by atoms with E-state index in [2.05, 4.69) is 4.98 Å². The molecule has 0 N–H and O–H groups in total. The first-order valence-corrected chi connectivity index (χ1v) is 4.12. The van der Waals surface area contributed by atoms with E-state index in [4.69, 9.17) is 0 Å². The summed E-state index contributed by atoms with van der Waals surface area (Å²) in [4.78, 5) is 2.91. The summed E-state index contributed by atoms with van der Waals surface area (Å²) in [5.74, 6) is 0. The zero-order chi connectivity index (χ0) is 10.1. The average molecular weight is 217 g/mol. The molecule has 0 spiro atoms. The molecule has 0 aromatic carbocycles. The fourth-order valence-corrected chi connectivity index (χ4v) is 1.03. The Morgan fingerprint density at radius 3 is 2.36 bits per heavy atom. The van der Waals surface area contributed by atoms with Crippen LogP contribution in [0.2, 0.25) is 0 Å². The minimum absolute atomic E-state index is 0. The van der Waals surface area contributed by atoms with Crippen LogP contribution in [-0.2, 0) is 17.3 Å². The molecule has 14 heavy (non-hydrogen) atoms. The molecule has 0 saturated carbocycles. The summed E-state index contributed by atoms with van der Waals surface area (Å²) in [5, 5.41) is -0.616. The van der Waals surface area contributed by atoms with Crippen LogP contribution in [0.5, 0.6) is 0 Å². The summed E-state index contributed by atoms with van der Waals surface area (Å²) in [6.07, 6.45) is -4.62. The molecule has 0 fully saturated rings. The number of pyridine rings is 1. The van der Waals surface area contributed by atoms with Gasteiger partial charge in [0.2, 0.25) is 0 Å². The predicted molar refractivity (Wildman–Crippen MR) is 36.4 cm³/mol. The second-order valence-electron chi connectivity index (χ2n) is 2.09. The van der Waals surface area contributed by atoms with E-state index >= 15 is 0 Å². The molecule has 1 heterocycles. The van der Waals surface area contributed by atoms with Gasteiger partial charge in [-0.3, -0.25) is 4.21 Å². The molecule has 0 radical (unpaired) electrons. The van der Waals surface area contributed by atoms with Gasteiger partial charge in [0.05, 0.1) is 0 Å². The molecule has 0 amide bonds. The summed E-state index contributed by atoms with van der Waals surface area (Å²) in [6.45, 7) is 0. The van der Waals surface area contributed by atoms with E-state index in [1.165, 1.54) is 0 Å². The van der Waals surface area contributed by atoms with Crippen molar-refractivity contribution in [3.05, 3.63) is 23.9 Å². The number of aromatic nitrogens is 1. The van der Waals surface area contributed by atoms with Crippen LogP contribution in [0, 0.1) is 0 Å². The Labute approximate surface area is 92.2 Å². The topological polar surface area (TPSA) is 53.0 Å². The fourth-order valence-electron chi connectivity index (χ4n) is 0.666. The zero-order valence-corrected chi connectivity index (χ0v) is 7.85. The van der Waals surface area contributed by atoms with Crippen molar-refractivity contribution in [2.24, 2.45) is 0 Å². The van der Waals surface area contributed by atoms with Crippen molar-refractivity contribution in [1.82, 2.24) is 4.98 Å². The van der Waals surface area contributed by atoms with Gasteiger partial charge in [-0.1, -0.05) is 6.07 Å². The largest absolute Gasteiger partial charge is 1.00 e. The predicted octanol–water partition coefficient (Wildman–Crippen LogP) is -1.66. The van der Waals surface area contributed by atoms with E-state index in [1.54, 1.807) is 0 Å². The van der Waals surface area contributed by atoms with Crippen LogP contribution in [0.3, 0.4) is 0 Å². The normalized spacial score (nSPS) is 13.1. The second-order valence-corrected chi connectivity index (χ2v) is 2.98. The molecular weight excluding hydrogens is 214 g/mol. The third-order valence-corrected chi connectivity index (χ3v) is 1.75. The van der Waals surface area contributed by atoms with Crippen molar-refractivity contribution in [1.29, 1.82) is 0 Å². The summed E-state index contributed by atoms with van der Waals surface area (Å²) in [6, 6.07) is 2.68. The van der Waals surface area contributed by atoms with Crippen LogP contribution in [0.25, 0.3) is 0 Å². The minimum atomic E-state index is -4.62. The molecular formula is C6H3F3LiNO2S. The van der Waals surface area contributed by atoms with E-state index in [0.717, 1.165) is 12.1 Å². The first-order chi connectivity index (χ1) is 5.91. The van der Waals surface area contributed by atoms with Gasteiger partial charge >= 0.3 is 25.0 Å². The number of hydrogen-bond donors (Lipinski definition) is 0. The molecule has 0 saturated heterocycles. The molecule has 0 bridgehead atoms. The van der Waals surface area contributed by atoms with Crippen LogP contribution in [0.4, 0.5) is 13.2 Å². The van der Waals surface area contributed by atoms with Crippen LogP contribution in [0.15, 0.2) is 23.2 Å². The van der Waals surface area contributed by atoms with E-state index < -0.39 is 28.0 Å². The van der Waals surface area contributed by atoms with E-state index in [-0.39, 0.29) is 18.9 Å². The fraction of sp³-hybridized carbons (Fsp3) is 0.167. The first-order valence-electron chi connectivity index (χ1n) is 3.05. The maximum atomic E-state index is 12.0. The van der Waals surface area contributed by atoms with Crippen molar-refractivity contribution >= 4 is 11.1 Å². The van der Waals surface area contributed by atoms with Crippen LogP contribution >= 0.6 is 0 Å². The number of rotatable bonds is 1. The van der Waals surface area contributed by atoms with E-state index in [9.17, 15) is 21.9 Å². The van der Waals surface area contributed by atoms with Gasteiger partial charge in [-0.25, -0.2) is 4.98 Å². The number of hydrogen-bond acceptors (Lipinski definition) is 3.